The second-order valence-electron chi connectivity index (χ2n) is 2.61. The molecule has 0 aliphatic rings. The molecule has 1 aromatic heterocycles. The van der Waals surface area contributed by atoms with Crippen molar-refractivity contribution >= 4 is 27.8 Å². The number of ether oxygens (including phenoxy) is 1. The Bertz CT molecular complexity index is 381. The highest BCUT2D eigenvalue weighted by Crippen LogP contribution is 2.13. The van der Waals surface area contributed by atoms with Gasteiger partial charge in [0.25, 0.3) is 5.91 Å². The molecule has 15 heavy (non-hydrogen) atoms. The second kappa shape index (κ2) is 5.45. The Labute approximate surface area is 95.0 Å². The Kier molecular flexibility index (Phi) is 4.23. The van der Waals surface area contributed by atoms with Crippen LogP contribution in [0.3, 0.4) is 0 Å². The summed E-state index contributed by atoms with van der Waals surface area (Å²) in [4.78, 5) is 26.1. The van der Waals surface area contributed by atoms with E-state index in [0.29, 0.717) is 10.0 Å². The molecule has 1 heterocycles. The molecule has 80 valence electrons. The SMILES string of the molecule is COC(=O)CNC(=O)c1ccncc1Br. The van der Waals surface area contributed by atoms with E-state index in [-0.39, 0.29) is 12.5 Å². The molecule has 0 radical (unpaired) electrons. The molecule has 1 N–H and O–H groups in total. The van der Waals surface area contributed by atoms with Crippen LogP contribution in [0.25, 0.3) is 0 Å². The van der Waals surface area contributed by atoms with Gasteiger partial charge in [0, 0.05) is 16.9 Å². The number of rotatable bonds is 3. The number of carbonyl (C=O) groups excluding carboxylic acids is 2. The number of halogens is 1. The number of pyridine rings is 1. The summed E-state index contributed by atoms with van der Waals surface area (Å²) in [5, 5.41) is 2.42. The van der Waals surface area contributed by atoms with Gasteiger partial charge in [0.2, 0.25) is 0 Å². The third-order valence-corrected chi connectivity index (χ3v) is 2.27. The Morgan fingerprint density at radius 2 is 2.33 bits per heavy atom. The summed E-state index contributed by atoms with van der Waals surface area (Å²) >= 11 is 3.18. The van der Waals surface area contributed by atoms with Crippen LogP contribution in [0.5, 0.6) is 0 Å². The summed E-state index contributed by atoms with van der Waals surface area (Å²) in [5.74, 6) is -0.844. The molecular weight excluding hydrogens is 264 g/mol. The van der Waals surface area contributed by atoms with Crippen molar-refractivity contribution in [3.63, 3.8) is 0 Å². The summed E-state index contributed by atoms with van der Waals surface area (Å²) < 4.78 is 4.97. The molecule has 0 bridgehead atoms. The van der Waals surface area contributed by atoms with Gasteiger partial charge in [-0.25, -0.2) is 0 Å². The average molecular weight is 273 g/mol. The molecule has 5 nitrogen and oxygen atoms in total. The van der Waals surface area contributed by atoms with E-state index in [1.54, 1.807) is 6.07 Å². The van der Waals surface area contributed by atoms with Crippen molar-refractivity contribution in [3.8, 4) is 0 Å². The van der Waals surface area contributed by atoms with Crippen LogP contribution in [0.2, 0.25) is 0 Å². The normalized spacial score (nSPS) is 9.47. The van der Waals surface area contributed by atoms with Crippen LogP contribution in [0, 0.1) is 0 Å². The lowest BCUT2D eigenvalue weighted by Gasteiger charge is -2.04. The predicted molar refractivity (Wildman–Crippen MR) is 56.3 cm³/mol. The lowest BCUT2D eigenvalue weighted by Crippen LogP contribution is -2.30. The average Bonchev–Trinajstić information content (AvgIpc) is 2.26. The van der Waals surface area contributed by atoms with Gasteiger partial charge in [-0.2, -0.15) is 0 Å². The van der Waals surface area contributed by atoms with Crippen molar-refractivity contribution in [1.82, 2.24) is 10.3 Å². The smallest absolute Gasteiger partial charge is 0.325 e. The zero-order chi connectivity index (χ0) is 11.3. The molecule has 0 saturated heterocycles. The van der Waals surface area contributed by atoms with Crippen LogP contribution in [-0.4, -0.2) is 30.5 Å². The highest BCUT2D eigenvalue weighted by atomic mass is 79.9. The number of nitrogens with zero attached hydrogens (tertiary/aromatic N) is 1. The van der Waals surface area contributed by atoms with Gasteiger partial charge >= 0.3 is 5.97 Å². The maximum atomic E-state index is 11.5. The molecule has 0 unspecified atom stereocenters. The number of esters is 1. The van der Waals surface area contributed by atoms with Crippen LogP contribution in [-0.2, 0) is 9.53 Å². The molecule has 0 aromatic carbocycles. The predicted octanol–water partition coefficient (Wildman–Crippen LogP) is 0.747. The van der Waals surface area contributed by atoms with Gasteiger partial charge in [-0.05, 0) is 22.0 Å². The number of methoxy groups -OCH3 is 1. The van der Waals surface area contributed by atoms with E-state index < -0.39 is 5.97 Å². The highest BCUT2D eigenvalue weighted by Gasteiger charge is 2.10. The van der Waals surface area contributed by atoms with Crippen molar-refractivity contribution in [2.45, 2.75) is 0 Å². The van der Waals surface area contributed by atoms with Gasteiger partial charge in [0.05, 0.1) is 12.7 Å². The zero-order valence-electron chi connectivity index (χ0n) is 7.99. The topological polar surface area (TPSA) is 68.3 Å². The van der Waals surface area contributed by atoms with Gasteiger partial charge in [-0.3, -0.25) is 14.6 Å². The third kappa shape index (κ3) is 3.32. The second-order valence-corrected chi connectivity index (χ2v) is 3.47. The lowest BCUT2D eigenvalue weighted by atomic mass is 10.2. The first-order valence-corrected chi connectivity index (χ1v) is 4.89. The number of nitrogens with one attached hydrogen (secondary N) is 1. The Morgan fingerprint density at radius 3 is 2.93 bits per heavy atom. The number of hydrogen-bond acceptors (Lipinski definition) is 4. The molecule has 0 atom stereocenters. The van der Waals surface area contributed by atoms with Gasteiger partial charge < -0.3 is 10.1 Å². The van der Waals surface area contributed by atoms with E-state index in [1.165, 1.54) is 19.5 Å². The van der Waals surface area contributed by atoms with Gasteiger partial charge in [0.15, 0.2) is 0 Å². The summed E-state index contributed by atoms with van der Waals surface area (Å²) in [6, 6.07) is 1.55. The first kappa shape index (κ1) is 11.6. The van der Waals surface area contributed by atoms with Crippen LogP contribution < -0.4 is 5.32 Å². The molecule has 0 spiro atoms. The van der Waals surface area contributed by atoms with Gasteiger partial charge in [0.1, 0.15) is 6.54 Å². The van der Waals surface area contributed by atoms with E-state index in [2.05, 4.69) is 31.0 Å². The van der Waals surface area contributed by atoms with E-state index in [9.17, 15) is 9.59 Å². The first-order valence-electron chi connectivity index (χ1n) is 4.09. The maximum Gasteiger partial charge on any atom is 0.325 e. The standard InChI is InChI=1S/C9H9BrN2O3/c1-15-8(13)5-12-9(14)6-2-3-11-4-7(6)10/h2-4H,5H2,1H3,(H,12,14). The highest BCUT2D eigenvalue weighted by molar-refractivity contribution is 9.10. The van der Waals surface area contributed by atoms with Crippen LogP contribution in [0.1, 0.15) is 10.4 Å². The summed E-state index contributed by atoms with van der Waals surface area (Å²) in [6.45, 7) is -0.149. The Balaban J connectivity index is 2.62. The summed E-state index contributed by atoms with van der Waals surface area (Å²) in [5.41, 5.74) is 0.425. The molecule has 0 aliphatic carbocycles. The van der Waals surface area contributed by atoms with E-state index in [1.807, 2.05) is 0 Å². The van der Waals surface area contributed by atoms with Crippen LogP contribution >= 0.6 is 15.9 Å². The van der Waals surface area contributed by atoms with E-state index >= 15 is 0 Å². The molecule has 6 heteroatoms. The fourth-order valence-electron chi connectivity index (χ4n) is 0.879. The Morgan fingerprint density at radius 1 is 1.60 bits per heavy atom. The number of aromatic nitrogens is 1. The minimum atomic E-state index is -0.492. The van der Waals surface area contributed by atoms with E-state index in [0.717, 1.165) is 0 Å². The summed E-state index contributed by atoms with van der Waals surface area (Å²) in [7, 11) is 1.26. The molecule has 0 aliphatic heterocycles. The largest absolute Gasteiger partial charge is 0.468 e. The van der Waals surface area contributed by atoms with Crippen LogP contribution in [0.15, 0.2) is 22.9 Å². The van der Waals surface area contributed by atoms with Crippen molar-refractivity contribution in [2.75, 3.05) is 13.7 Å². The van der Waals surface area contributed by atoms with Crippen LogP contribution in [0.4, 0.5) is 0 Å². The van der Waals surface area contributed by atoms with Crippen molar-refractivity contribution < 1.29 is 14.3 Å². The van der Waals surface area contributed by atoms with Gasteiger partial charge in [-0.1, -0.05) is 0 Å². The first-order chi connectivity index (χ1) is 7.15. The molecule has 1 aromatic rings. The monoisotopic (exact) mass is 272 g/mol. The third-order valence-electron chi connectivity index (χ3n) is 1.64. The van der Waals surface area contributed by atoms with Crippen molar-refractivity contribution in [1.29, 1.82) is 0 Å². The summed E-state index contributed by atoms with van der Waals surface area (Å²) in [6.07, 6.45) is 3.00. The Hall–Kier alpha value is -1.43. The minimum absolute atomic E-state index is 0.149. The fourth-order valence-corrected chi connectivity index (χ4v) is 1.31. The maximum absolute atomic E-state index is 11.5. The lowest BCUT2D eigenvalue weighted by molar-refractivity contribution is -0.139. The molecule has 0 saturated carbocycles. The molecule has 0 fully saturated rings. The van der Waals surface area contributed by atoms with Crippen molar-refractivity contribution in [3.05, 3.63) is 28.5 Å². The quantitative estimate of drug-likeness (QED) is 0.825. The molecule has 1 amide bonds. The fraction of sp³-hybridized carbons (Fsp3) is 0.222. The molecular formula is C9H9BrN2O3. The van der Waals surface area contributed by atoms with Crippen molar-refractivity contribution in [2.24, 2.45) is 0 Å². The zero-order valence-corrected chi connectivity index (χ0v) is 9.58. The van der Waals surface area contributed by atoms with E-state index in [4.69, 9.17) is 0 Å². The molecule has 1 rings (SSSR count). The number of amides is 1. The number of hydrogen-bond donors (Lipinski definition) is 1. The van der Waals surface area contributed by atoms with Gasteiger partial charge in [-0.15, -0.1) is 0 Å². The number of carbonyl (C=O) groups is 2. The minimum Gasteiger partial charge on any atom is -0.468 e.